The summed E-state index contributed by atoms with van der Waals surface area (Å²) in [5.74, 6) is 1.27. The molecule has 4 nitrogen and oxygen atoms in total. The van der Waals surface area contributed by atoms with Crippen LogP contribution in [0.25, 0.3) is 0 Å². The van der Waals surface area contributed by atoms with Gasteiger partial charge in [-0.25, -0.2) is 0 Å². The minimum Gasteiger partial charge on any atom is -0.484 e. The molecule has 3 rings (SSSR count). The van der Waals surface area contributed by atoms with E-state index in [1.54, 1.807) is 0 Å². The highest BCUT2D eigenvalue weighted by Gasteiger charge is 2.22. The van der Waals surface area contributed by atoms with Gasteiger partial charge in [0.25, 0.3) is 5.91 Å². The highest BCUT2D eigenvalue weighted by molar-refractivity contribution is 5.78. The number of ether oxygens (including phenoxy) is 1. The first-order chi connectivity index (χ1) is 13.0. The minimum absolute atomic E-state index is 0.0607. The molecule has 1 amide bonds. The van der Waals surface area contributed by atoms with Crippen LogP contribution in [0, 0.1) is 13.8 Å². The largest absolute Gasteiger partial charge is 0.484 e. The SMILES string of the molecule is Cc1cccc(N2CCN(C(=O)COc3cccc(C(C)C)c3)CC2)c1C. The predicted molar refractivity (Wildman–Crippen MR) is 111 cm³/mol. The van der Waals surface area contributed by atoms with Crippen LogP contribution in [-0.4, -0.2) is 43.6 Å². The van der Waals surface area contributed by atoms with Gasteiger partial charge in [0.2, 0.25) is 0 Å². The molecule has 0 unspecified atom stereocenters. The van der Waals surface area contributed by atoms with Gasteiger partial charge in [-0.2, -0.15) is 0 Å². The van der Waals surface area contributed by atoms with Crippen LogP contribution in [0.3, 0.4) is 0 Å². The highest BCUT2D eigenvalue weighted by Crippen LogP contribution is 2.24. The van der Waals surface area contributed by atoms with Crippen molar-refractivity contribution in [2.75, 3.05) is 37.7 Å². The third kappa shape index (κ3) is 4.62. The number of amides is 1. The Bertz CT molecular complexity index is 793. The van der Waals surface area contributed by atoms with Gasteiger partial charge in [-0.3, -0.25) is 4.79 Å². The fourth-order valence-electron chi connectivity index (χ4n) is 3.47. The maximum Gasteiger partial charge on any atom is 0.260 e. The lowest BCUT2D eigenvalue weighted by molar-refractivity contribution is -0.133. The summed E-state index contributed by atoms with van der Waals surface area (Å²) in [6.07, 6.45) is 0. The molecule has 0 aliphatic carbocycles. The number of hydrogen-bond acceptors (Lipinski definition) is 3. The number of aryl methyl sites for hydroxylation is 1. The van der Waals surface area contributed by atoms with Crippen molar-refractivity contribution >= 4 is 11.6 Å². The Morgan fingerprint density at radius 3 is 2.44 bits per heavy atom. The first-order valence-corrected chi connectivity index (χ1v) is 9.77. The van der Waals surface area contributed by atoms with Crippen LogP contribution in [0.1, 0.15) is 36.5 Å². The van der Waals surface area contributed by atoms with E-state index >= 15 is 0 Å². The van der Waals surface area contributed by atoms with Crippen LogP contribution < -0.4 is 9.64 Å². The predicted octanol–water partition coefficient (Wildman–Crippen LogP) is 4.15. The number of benzene rings is 2. The highest BCUT2D eigenvalue weighted by atomic mass is 16.5. The summed E-state index contributed by atoms with van der Waals surface area (Å²) in [7, 11) is 0. The van der Waals surface area contributed by atoms with Crippen LogP contribution in [0.2, 0.25) is 0 Å². The van der Waals surface area contributed by atoms with Gasteiger partial charge in [0.1, 0.15) is 5.75 Å². The number of hydrogen-bond donors (Lipinski definition) is 0. The summed E-state index contributed by atoms with van der Waals surface area (Å²) in [5, 5.41) is 0. The Morgan fingerprint density at radius 1 is 1.04 bits per heavy atom. The van der Waals surface area contributed by atoms with Crippen molar-refractivity contribution in [2.24, 2.45) is 0 Å². The van der Waals surface area contributed by atoms with E-state index in [-0.39, 0.29) is 12.5 Å². The molecular weight excluding hydrogens is 336 g/mol. The summed E-state index contributed by atoms with van der Waals surface area (Å²) in [6.45, 7) is 11.9. The monoisotopic (exact) mass is 366 g/mol. The molecule has 0 N–H and O–H groups in total. The van der Waals surface area contributed by atoms with Crippen molar-refractivity contribution < 1.29 is 9.53 Å². The standard InChI is InChI=1S/C23H30N2O2/c1-17(2)20-8-6-9-21(15-20)27-16-23(26)25-13-11-24(12-14-25)22-10-5-7-18(3)19(22)4/h5-10,15,17H,11-14,16H2,1-4H3. The molecule has 1 saturated heterocycles. The maximum atomic E-state index is 12.5. The zero-order valence-corrected chi connectivity index (χ0v) is 16.9. The van der Waals surface area contributed by atoms with Crippen molar-refractivity contribution in [1.29, 1.82) is 0 Å². The van der Waals surface area contributed by atoms with E-state index in [0.717, 1.165) is 31.9 Å². The van der Waals surface area contributed by atoms with Crippen molar-refractivity contribution in [3.8, 4) is 5.75 Å². The molecule has 1 heterocycles. The summed E-state index contributed by atoms with van der Waals surface area (Å²) in [5.41, 5.74) is 5.14. The van der Waals surface area contributed by atoms with Gasteiger partial charge in [0, 0.05) is 31.9 Å². The van der Waals surface area contributed by atoms with E-state index in [1.165, 1.54) is 22.4 Å². The maximum absolute atomic E-state index is 12.5. The van der Waals surface area contributed by atoms with E-state index < -0.39 is 0 Å². The Kier molecular flexibility index (Phi) is 6.04. The smallest absolute Gasteiger partial charge is 0.260 e. The second-order valence-corrected chi connectivity index (χ2v) is 7.60. The van der Waals surface area contributed by atoms with Gasteiger partial charge in [0.05, 0.1) is 0 Å². The van der Waals surface area contributed by atoms with Crippen molar-refractivity contribution in [2.45, 2.75) is 33.6 Å². The van der Waals surface area contributed by atoms with Gasteiger partial charge < -0.3 is 14.5 Å². The van der Waals surface area contributed by atoms with Gasteiger partial charge in [-0.05, 0) is 54.7 Å². The zero-order valence-electron chi connectivity index (χ0n) is 16.9. The molecule has 2 aromatic rings. The lowest BCUT2D eigenvalue weighted by Gasteiger charge is -2.37. The molecule has 2 aromatic carbocycles. The quantitative estimate of drug-likeness (QED) is 0.797. The molecule has 0 aromatic heterocycles. The van der Waals surface area contributed by atoms with Crippen molar-refractivity contribution in [1.82, 2.24) is 4.90 Å². The normalized spacial score (nSPS) is 14.6. The number of anilines is 1. The lowest BCUT2D eigenvalue weighted by atomic mass is 10.0. The number of piperazine rings is 1. The molecule has 4 heteroatoms. The lowest BCUT2D eigenvalue weighted by Crippen LogP contribution is -2.50. The Hall–Kier alpha value is -2.49. The Morgan fingerprint density at radius 2 is 1.74 bits per heavy atom. The molecule has 1 aliphatic rings. The molecule has 1 aliphatic heterocycles. The first-order valence-electron chi connectivity index (χ1n) is 9.77. The third-order valence-electron chi connectivity index (χ3n) is 5.44. The fraction of sp³-hybridized carbons (Fsp3) is 0.435. The second kappa shape index (κ2) is 8.47. The first kappa shape index (κ1) is 19.3. The summed E-state index contributed by atoms with van der Waals surface area (Å²) >= 11 is 0. The zero-order chi connectivity index (χ0) is 19.4. The van der Waals surface area contributed by atoms with Crippen LogP contribution in [0.5, 0.6) is 5.75 Å². The van der Waals surface area contributed by atoms with E-state index in [9.17, 15) is 4.79 Å². The Labute approximate surface area is 162 Å². The van der Waals surface area contributed by atoms with Crippen molar-refractivity contribution in [3.63, 3.8) is 0 Å². The summed E-state index contributed by atoms with van der Waals surface area (Å²) in [4.78, 5) is 16.8. The van der Waals surface area contributed by atoms with Crippen LogP contribution in [0.4, 0.5) is 5.69 Å². The van der Waals surface area contributed by atoms with Gasteiger partial charge in [-0.15, -0.1) is 0 Å². The van der Waals surface area contributed by atoms with Crippen LogP contribution in [-0.2, 0) is 4.79 Å². The van der Waals surface area contributed by atoms with E-state index in [2.05, 4.69) is 56.9 Å². The Balaban J connectivity index is 1.53. The van der Waals surface area contributed by atoms with Gasteiger partial charge in [0.15, 0.2) is 6.61 Å². The van der Waals surface area contributed by atoms with Crippen molar-refractivity contribution in [3.05, 3.63) is 59.2 Å². The second-order valence-electron chi connectivity index (χ2n) is 7.60. The van der Waals surface area contributed by atoms with Crippen LogP contribution in [0.15, 0.2) is 42.5 Å². The number of rotatable bonds is 5. The van der Waals surface area contributed by atoms with E-state index in [4.69, 9.17) is 4.74 Å². The van der Waals surface area contributed by atoms with Gasteiger partial charge in [-0.1, -0.05) is 38.1 Å². The molecule has 0 saturated carbocycles. The number of nitrogens with zero attached hydrogens (tertiary/aromatic N) is 2. The molecule has 1 fully saturated rings. The number of carbonyl (C=O) groups is 1. The molecule has 0 radical (unpaired) electrons. The molecule has 0 bridgehead atoms. The van der Waals surface area contributed by atoms with Crippen LogP contribution >= 0.6 is 0 Å². The summed E-state index contributed by atoms with van der Waals surface area (Å²) < 4.78 is 5.75. The topological polar surface area (TPSA) is 32.8 Å². The molecular formula is C23H30N2O2. The average molecular weight is 367 g/mol. The van der Waals surface area contributed by atoms with E-state index in [0.29, 0.717) is 5.92 Å². The van der Waals surface area contributed by atoms with E-state index in [1.807, 2.05) is 23.1 Å². The minimum atomic E-state index is 0.0607. The molecule has 27 heavy (non-hydrogen) atoms. The summed E-state index contributed by atoms with van der Waals surface area (Å²) in [6, 6.07) is 14.4. The molecule has 144 valence electrons. The molecule has 0 atom stereocenters. The third-order valence-corrected chi connectivity index (χ3v) is 5.44. The van der Waals surface area contributed by atoms with Gasteiger partial charge >= 0.3 is 0 Å². The average Bonchev–Trinajstić information content (AvgIpc) is 2.68. The number of carbonyl (C=O) groups excluding carboxylic acids is 1. The molecule has 0 spiro atoms. The fourth-order valence-corrected chi connectivity index (χ4v) is 3.47.